The smallest absolute Gasteiger partial charge is 0.244 e. The Labute approximate surface area is 151 Å². The second-order valence-electron chi connectivity index (χ2n) is 5.28. The third-order valence-electron chi connectivity index (χ3n) is 3.67. The highest BCUT2D eigenvalue weighted by atomic mass is 32.2. The third-order valence-corrected chi connectivity index (χ3v) is 5.15. The monoisotopic (exact) mass is 381 g/mol. The molecule has 140 valence electrons. The molecule has 2 aromatic carbocycles. The fourth-order valence-electron chi connectivity index (χ4n) is 2.38. The van der Waals surface area contributed by atoms with Crippen molar-refractivity contribution in [1.82, 2.24) is 4.72 Å². The van der Waals surface area contributed by atoms with Gasteiger partial charge in [-0.3, -0.25) is 0 Å². The predicted octanol–water partition coefficient (Wildman–Crippen LogP) is 1.79. The van der Waals surface area contributed by atoms with Crippen LogP contribution in [0.4, 0.5) is 0 Å². The van der Waals surface area contributed by atoms with Crippen LogP contribution in [0.25, 0.3) is 0 Å². The summed E-state index contributed by atoms with van der Waals surface area (Å²) < 4.78 is 53.7. The highest BCUT2D eigenvalue weighted by Gasteiger charge is 2.20. The molecule has 3 rings (SSSR count). The molecule has 0 aliphatic carbocycles. The van der Waals surface area contributed by atoms with Crippen molar-refractivity contribution in [1.29, 1.82) is 0 Å². The zero-order valence-corrected chi connectivity index (χ0v) is 15.2. The van der Waals surface area contributed by atoms with Gasteiger partial charge in [-0.1, -0.05) is 0 Å². The van der Waals surface area contributed by atoms with Gasteiger partial charge in [0.2, 0.25) is 16.8 Å². The first-order chi connectivity index (χ1) is 12.5. The van der Waals surface area contributed by atoms with E-state index in [0.29, 0.717) is 23.0 Å². The van der Waals surface area contributed by atoms with Crippen LogP contribution < -0.4 is 28.4 Å². The summed E-state index contributed by atoms with van der Waals surface area (Å²) in [5, 5.41) is 0. The van der Waals surface area contributed by atoms with Gasteiger partial charge in [0.1, 0.15) is 28.8 Å². The van der Waals surface area contributed by atoms with E-state index in [9.17, 15) is 8.42 Å². The number of benzene rings is 2. The van der Waals surface area contributed by atoms with Crippen LogP contribution in [0, 0.1) is 0 Å². The quantitative estimate of drug-likeness (QED) is 0.697. The van der Waals surface area contributed by atoms with Crippen LogP contribution in [-0.4, -0.2) is 42.6 Å². The SMILES string of the molecule is COc1ccc(OC)c(S(=O)(=O)NCCOc2ccc3c(c2)OCO3)c1. The van der Waals surface area contributed by atoms with Crippen LogP contribution in [0.1, 0.15) is 0 Å². The molecule has 1 aliphatic heterocycles. The fourth-order valence-corrected chi connectivity index (χ4v) is 3.58. The molecule has 0 aromatic heterocycles. The third kappa shape index (κ3) is 3.94. The molecule has 0 amide bonds. The van der Waals surface area contributed by atoms with Crippen LogP contribution in [0.5, 0.6) is 28.7 Å². The summed E-state index contributed by atoms with van der Waals surface area (Å²) in [7, 11) is -0.910. The Hall–Kier alpha value is -2.65. The molecule has 1 aliphatic rings. The summed E-state index contributed by atoms with van der Waals surface area (Å²) in [4.78, 5) is 0.00225. The lowest BCUT2D eigenvalue weighted by Gasteiger charge is -2.12. The van der Waals surface area contributed by atoms with Crippen molar-refractivity contribution in [3.63, 3.8) is 0 Å². The Morgan fingerprint density at radius 1 is 1.00 bits per heavy atom. The van der Waals surface area contributed by atoms with Gasteiger partial charge in [-0.25, -0.2) is 13.1 Å². The summed E-state index contributed by atoms with van der Waals surface area (Å²) in [6.07, 6.45) is 0. The van der Waals surface area contributed by atoms with E-state index < -0.39 is 10.0 Å². The standard InChI is InChI=1S/C17H19NO7S/c1-21-12-3-6-15(22-2)17(10-12)26(19,20)18-7-8-23-13-4-5-14-16(9-13)25-11-24-14/h3-6,9-10,18H,7-8,11H2,1-2H3. The molecular formula is C17H19NO7S. The molecule has 0 unspecified atom stereocenters. The van der Waals surface area contributed by atoms with Crippen molar-refractivity contribution in [2.45, 2.75) is 4.90 Å². The van der Waals surface area contributed by atoms with E-state index in [1.807, 2.05) is 0 Å². The van der Waals surface area contributed by atoms with Gasteiger partial charge >= 0.3 is 0 Å². The highest BCUT2D eigenvalue weighted by molar-refractivity contribution is 7.89. The maximum atomic E-state index is 12.5. The fraction of sp³-hybridized carbons (Fsp3) is 0.294. The van der Waals surface area contributed by atoms with Crippen LogP contribution in [0.2, 0.25) is 0 Å². The topological polar surface area (TPSA) is 92.3 Å². The summed E-state index contributed by atoms with van der Waals surface area (Å²) in [5.41, 5.74) is 0. The van der Waals surface area contributed by atoms with Crippen LogP contribution in [-0.2, 0) is 10.0 Å². The van der Waals surface area contributed by atoms with Crippen molar-refractivity contribution in [2.24, 2.45) is 0 Å². The zero-order chi connectivity index (χ0) is 18.6. The van der Waals surface area contributed by atoms with Gasteiger partial charge < -0.3 is 23.7 Å². The molecule has 1 heterocycles. The summed E-state index contributed by atoms with van der Waals surface area (Å²) >= 11 is 0. The van der Waals surface area contributed by atoms with Gasteiger partial charge in [-0.15, -0.1) is 0 Å². The molecule has 0 radical (unpaired) electrons. The average molecular weight is 381 g/mol. The number of nitrogens with one attached hydrogen (secondary N) is 1. The van der Waals surface area contributed by atoms with Crippen LogP contribution in [0.15, 0.2) is 41.3 Å². The summed E-state index contributed by atoms with van der Waals surface area (Å²) in [6.45, 7) is 0.406. The van der Waals surface area contributed by atoms with E-state index in [4.69, 9.17) is 23.7 Å². The van der Waals surface area contributed by atoms with E-state index >= 15 is 0 Å². The van der Waals surface area contributed by atoms with Gasteiger partial charge in [0.25, 0.3) is 0 Å². The highest BCUT2D eigenvalue weighted by Crippen LogP contribution is 2.35. The van der Waals surface area contributed by atoms with Gasteiger partial charge in [0, 0.05) is 18.7 Å². The van der Waals surface area contributed by atoms with E-state index in [1.54, 1.807) is 24.3 Å². The molecule has 8 nitrogen and oxygen atoms in total. The lowest BCUT2D eigenvalue weighted by atomic mass is 10.3. The normalized spacial score (nSPS) is 12.7. The van der Waals surface area contributed by atoms with Crippen molar-refractivity contribution in [3.05, 3.63) is 36.4 Å². The van der Waals surface area contributed by atoms with Crippen molar-refractivity contribution in [3.8, 4) is 28.7 Å². The lowest BCUT2D eigenvalue weighted by Crippen LogP contribution is -2.28. The molecule has 0 saturated carbocycles. The second-order valence-corrected chi connectivity index (χ2v) is 7.01. The average Bonchev–Trinajstić information content (AvgIpc) is 3.12. The predicted molar refractivity (Wildman–Crippen MR) is 92.8 cm³/mol. The maximum absolute atomic E-state index is 12.5. The molecule has 2 aromatic rings. The minimum Gasteiger partial charge on any atom is -0.497 e. The Morgan fingerprint density at radius 3 is 2.54 bits per heavy atom. The number of hydrogen-bond acceptors (Lipinski definition) is 7. The first kappa shape index (κ1) is 18.2. The molecule has 1 N–H and O–H groups in total. The van der Waals surface area contributed by atoms with Crippen molar-refractivity contribution < 1.29 is 32.1 Å². The molecule has 26 heavy (non-hydrogen) atoms. The molecule has 9 heteroatoms. The molecule has 0 spiro atoms. The van der Waals surface area contributed by atoms with E-state index in [2.05, 4.69) is 4.72 Å². The van der Waals surface area contributed by atoms with Gasteiger partial charge in [0.05, 0.1) is 14.2 Å². The van der Waals surface area contributed by atoms with Gasteiger partial charge in [-0.05, 0) is 24.3 Å². The van der Waals surface area contributed by atoms with E-state index in [0.717, 1.165) is 0 Å². The van der Waals surface area contributed by atoms with Gasteiger partial charge in [-0.2, -0.15) is 0 Å². The van der Waals surface area contributed by atoms with E-state index in [1.165, 1.54) is 26.4 Å². The Kier molecular flexibility index (Phi) is 5.38. The molecule has 0 saturated heterocycles. The largest absolute Gasteiger partial charge is 0.497 e. The first-order valence-electron chi connectivity index (χ1n) is 7.77. The van der Waals surface area contributed by atoms with Crippen LogP contribution >= 0.6 is 0 Å². The molecule has 0 fully saturated rings. The lowest BCUT2D eigenvalue weighted by molar-refractivity contribution is 0.173. The Morgan fingerprint density at radius 2 is 1.77 bits per heavy atom. The Balaban J connectivity index is 1.60. The minimum atomic E-state index is -3.78. The first-order valence-corrected chi connectivity index (χ1v) is 9.26. The number of rotatable bonds is 8. The van der Waals surface area contributed by atoms with Crippen LogP contribution in [0.3, 0.4) is 0 Å². The zero-order valence-electron chi connectivity index (χ0n) is 14.4. The van der Waals surface area contributed by atoms with E-state index in [-0.39, 0.29) is 30.6 Å². The van der Waals surface area contributed by atoms with Crippen molar-refractivity contribution >= 4 is 10.0 Å². The molecular weight excluding hydrogens is 362 g/mol. The van der Waals surface area contributed by atoms with Gasteiger partial charge in [0.15, 0.2) is 11.5 Å². The maximum Gasteiger partial charge on any atom is 0.244 e. The van der Waals surface area contributed by atoms with Crippen molar-refractivity contribution in [2.75, 3.05) is 34.2 Å². The minimum absolute atomic E-state index is 0.00225. The molecule has 0 atom stereocenters. The number of sulfonamides is 1. The summed E-state index contributed by atoms with van der Waals surface area (Å²) in [5.74, 6) is 2.47. The number of methoxy groups -OCH3 is 2. The number of ether oxygens (including phenoxy) is 5. The summed E-state index contributed by atoms with van der Waals surface area (Å²) in [6, 6.07) is 9.73. The second kappa shape index (κ2) is 7.71. The Bertz CT molecular complexity index is 883. The molecule has 0 bridgehead atoms. The number of fused-ring (bicyclic) bond motifs is 1. The number of hydrogen-bond donors (Lipinski definition) is 1.